The number of ether oxygens (including phenoxy) is 2. The summed E-state index contributed by atoms with van der Waals surface area (Å²) in [5.41, 5.74) is 0.331. The Morgan fingerprint density at radius 3 is 2.38 bits per heavy atom. The highest BCUT2D eigenvalue weighted by molar-refractivity contribution is 5.93. The third kappa shape index (κ3) is 2.59. The quantitative estimate of drug-likeness (QED) is 0.709. The molecule has 0 amide bonds. The Labute approximate surface area is 93.1 Å². The maximum absolute atomic E-state index is 11.4. The lowest BCUT2D eigenvalue weighted by molar-refractivity contribution is 0.0507. The van der Waals surface area contributed by atoms with Crippen molar-refractivity contribution >= 4 is 11.9 Å². The summed E-state index contributed by atoms with van der Waals surface area (Å²) in [5, 5.41) is 3.87. The molecule has 0 fully saturated rings. The van der Waals surface area contributed by atoms with Crippen LogP contribution in [0, 0.1) is 0 Å². The van der Waals surface area contributed by atoms with Crippen LogP contribution in [0.5, 0.6) is 0 Å². The number of esters is 2. The number of carbonyl (C=O) groups excluding carboxylic acids is 2. The first-order valence-corrected chi connectivity index (χ1v) is 4.98. The van der Waals surface area contributed by atoms with Gasteiger partial charge in [0.15, 0.2) is 5.69 Å². The number of rotatable bonds is 4. The van der Waals surface area contributed by atoms with Crippen molar-refractivity contribution in [1.29, 1.82) is 0 Å². The first kappa shape index (κ1) is 12.2. The molecule has 0 N–H and O–H groups in total. The van der Waals surface area contributed by atoms with Gasteiger partial charge < -0.3 is 9.47 Å². The molecule has 0 saturated carbocycles. The van der Waals surface area contributed by atoms with Crippen molar-refractivity contribution in [2.24, 2.45) is 7.05 Å². The van der Waals surface area contributed by atoms with Crippen LogP contribution in [0.3, 0.4) is 0 Å². The number of nitrogens with zero attached hydrogens (tertiary/aromatic N) is 2. The zero-order valence-electron chi connectivity index (χ0n) is 9.52. The van der Waals surface area contributed by atoms with Crippen molar-refractivity contribution in [3.63, 3.8) is 0 Å². The standard InChI is InChI=1S/C10H14N2O4/c1-4-15-9(13)7-6-8(12(3)11-7)10(14)16-5-2/h6H,4-5H2,1-3H3. The second-order valence-electron chi connectivity index (χ2n) is 2.98. The summed E-state index contributed by atoms with van der Waals surface area (Å²) >= 11 is 0. The molecule has 6 nitrogen and oxygen atoms in total. The van der Waals surface area contributed by atoms with Gasteiger partial charge in [-0.3, -0.25) is 4.68 Å². The average molecular weight is 226 g/mol. The molecule has 0 aromatic carbocycles. The van der Waals surface area contributed by atoms with Gasteiger partial charge in [0.2, 0.25) is 0 Å². The van der Waals surface area contributed by atoms with E-state index < -0.39 is 11.9 Å². The maximum atomic E-state index is 11.4. The molecule has 16 heavy (non-hydrogen) atoms. The van der Waals surface area contributed by atoms with Crippen molar-refractivity contribution in [2.45, 2.75) is 13.8 Å². The van der Waals surface area contributed by atoms with Gasteiger partial charge in [0.25, 0.3) is 0 Å². The summed E-state index contributed by atoms with van der Waals surface area (Å²) in [7, 11) is 1.56. The zero-order valence-corrected chi connectivity index (χ0v) is 9.52. The van der Waals surface area contributed by atoms with Crippen molar-refractivity contribution < 1.29 is 19.1 Å². The van der Waals surface area contributed by atoms with E-state index in [1.807, 2.05) is 0 Å². The molecule has 1 heterocycles. The van der Waals surface area contributed by atoms with E-state index in [9.17, 15) is 9.59 Å². The predicted octanol–water partition coefficient (Wildman–Crippen LogP) is 0.774. The number of aryl methyl sites for hydroxylation is 1. The van der Waals surface area contributed by atoms with E-state index in [0.29, 0.717) is 0 Å². The van der Waals surface area contributed by atoms with Crippen molar-refractivity contribution in [3.05, 3.63) is 17.5 Å². The molecule has 1 aromatic rings. The number of carbonyl (C=O) groups is 2. The zero-order chi connectivity index (χ0) is 12.1. The Morgan fingerprint density at radius 1 is 1.25 bits per heavy atom. The SMILES string of the molecule is CCOC(=O)c1cc(C(=O)OCC)n(C)n1. The molecule has 88 valence electrons. The van der Waals surface area contributed by atoms with Crippen LogP contribution in [-0.2, 0) is 16.5 Å². The number of aromatic nitrogens is 2. The monoisotopic (exact) mass is 226 g/mol. The molecule has 0 radical (unpaired) electrons. The highest BCUT2D eigenvalue weighted by Gasteiger charge is 2.18. The lowest BCUT2D eigenvalue weighted by Crippen LogP contribution is -2.10. The van der Waals surface area contributed by atoms with Gasteiger partial charge in [-0.05, 0) is 13.8 Å². The highest BCUT2D eigenvalue weighted by Crippen LogP contribution is 2.06. The highest BCUT2D eigenvalue weighted by atomic mass is 16.5. The topological polar surface area (TPSA) is 70.4 Å². The number of hydrogen-bond donors (Lipinski definition) is 0. The fraction of sp³-hybridized carbons (Fsp3) is 0.500. The molecule has 0 atom stereocenters. The molecule has 0 aliphatic rings. The van der Waals surface area contributed by atoms with Crippen LogP contribution in [0.4, 0.5) is 0 Å². The lowest BCUT2D eigenvalue weighted by atomic mass is 10.3. The third-order valence-electron chi connectivity index (χ3n) is 1.85. The molecule has 0 aliphatic carbocycles. The van der Waals surface area contributed by atoms with E-state index in [-0.39, 0.29) is 24.6 Å². The first-order valence-electron chi connectivity index (χ1n) is 4.98. The molecule has 1 aromatic heterocycles. The molecule has 0 saturated heterocycles. The lowest BCUT2D eigenvalue weighted by Gasteiger charge is -1.99. The average Bonchev–Trinajstić information content (AvgIpc) is 2.61. The summed E-state index contributed by atoms with van der Waals surface area (Å²) in [4.78, 5) is 22.8. The molecule has 0 bridgehead atoms. The van der Waals surface area contributed by atoms with Gasteiger partial charge >= 0.3 is 11.9 Å². The van der Waals surface area contributed by atoms with Crippen molar-refractivity contribution in [2.75, 3.05) is 13.2 Å². The van der Waals surface area contributed by atoms with Crippen molar-refractivity contribution in [1.82, 2.24) is 9.78 Å². The number of hydrogen-bond acceptors (Lipinski definition) is 5. The second kappa shape index (κ2) is 5.29. The summed E-state index contributed by atoms with van der Waals surface area (Å²) in [6.07, 6.45) is 0. The van der Waals surface area contributed by atoms with Gasteiger partial charge in [-0.1, -0.05) is 0 Å². The van der Waals surface area contributed by atoms with E-state index in [1.54, 1.807) is 20.9 Å². The van der Waals surface area contributed by atoms with E-state index in [1.165, 1.54) is 10.7 Å². The van der Waals surface area contributed by atoms with Crippen LogP contribution < -0.4 is 0 Å². The Hall–Kier alpha value is -1.85. The van der Waals surface area contributed by atoms with Gasteiger partial charge in [0, 0.05) is 13.1 Å². The molecule has 6 heteroatoms. The van der Waals surface area contributed by atoms with Gasteiger partial charge in [-0.15, -0.1) is 0 Å². The minimum absolute atomic E-state index is 0.104. The van der Waals surface area contributed by atoms with E-state index in [0.717, 1.165) is 0 Å². The van der Waals surface area contributed by atoms with E-state index in [2.05, 4.69) is 5.10 Å². The molecular weight excluding hydrogens is 212 g/mol. The second-order valence-corrected chi connectivity index (χ2v) is 2.98. The molecule has 0 aliphatic heterocycles. The summed E-state index contributed by atoms with van der Waals surface area (Å²) in [6.45, 7) is 3.95. The Kier molecular flexibility index (Phi) is 4.04. The van der Waals surface area contributed by atoms with Gasteiger partial charge in [-0.25, -0.2) is 9.59 Å². The molecule has 1 rings (SSSR count). The van der Waals surface area contributed by atoms with Crippen LogP contribution in [0.15, 0.2) is 6.07 Å². The van der Waals surface area contributed by atoms with Crippen molar-refractivity contribution in [3.8, 4) is 0 Å². The Bertz CT molecular complexity index is 398. The van der Waals surface area contributed by atoms with Gasteiger partial charge in [0.1, 0.15) is 5.69 Å². The van der Waals surface area contributed by atoms with Crippen LogP contribution in [-0.4, -0.2) is 34.9 Å². The normalized spacial score (nSPS) is 9.94. The maximum Gasteiger partial charge on any atom is 0.358 e. The fourth-order valence-electron chi connectivity index (χ4n) is 1.17. The molecule has 0 spiro atoms. The smallest absolute Gasteiger partial charge is 0.358 e. The first-order chi connectivity index (χ1) is 7.60. The van der Waals surface area contributed by atoms with Crippen LogP contribution in [0.25, 0.3) is 0 Å². The van der Waals surface area contributed by atoms with Crippen LogP contribution >= 0.6 is 0 Å². The predicted molar refractivity (Wildman–Crippen MR) is 55.1 cm³/mol. The van der Waals surface area contributed by atoms with E-state index >= 15 is 0 Å². The minimum atomic E-state index is -0.548. The van der Waals surface area contributed by atoms with Gasteiger partial charge in [-0.2, -0.15) is 5.10 Å². The minimum Gasteiger partial charge on any atom is -0.461 e. The largest absolute Gasteiger partial charge is 0.461 e. The fourth-order valence-corrected chi connectivity index (χ4v) is 1.17. The molecular formula is C10H14N2O4. The van der Waals surface area contributed by atoms with Crippen LogP contribution in [0.1, 0.15) is 34.8 Å². The summed E-state index contributed by atoms with van der Waals surface area (Å²) in [5.74, 6) is -1.05. The summed E-state index contributed by atoms with van der Waals surface area (Å²) in [6, 6.07) is 1.36. The van der Waals surface area contributed by atoms with E-state index in [4.69, 9.17) is 9.47 Å². The molecule has 0 unspecified atom stereocenters. The van der Waals surface area contributed by atoms with Gasteiger partial charge in [0.05, 0.1) is 13.2 Å². The van der Waals surface area contributed by atoms with Crippen LogP contribution in [0.2, 0.25) is 0 Å². The Balaban J connectivity index is 2.89. The summed E-state index contributed by atoms with van der Waals surface area (Å²) < 4.78 is 10.9. The third-order valence-corrected chi connectivity index (χ3v) is 1.85. The Morgan fingerprint density at radius 2 is 1.81 bits per heavy atom.